The molecule has 2 aromatic rings. The Bertz CT molecular complexity index is 894. The number of pyridine rings is 1. The van der Waals surface area contributed by atoms with Gasteiger partial charge in [0, 0.05) is 44.3 Å². The van der Waals surface area contributed by atoms with E-state index in [4.69, 9.17) is 9.88 Å². The number of methoxy groups -OCH3 is 1. The molecule has 1 amide bonds. The number of carbonyl (C=O) groups excluding carboxylic acids is 1. The summed E-state index contributed by atoms with van der Waals surface area (Å²) >= 11 is 0. The zero-order valence-corrected chi connectivity index (χ0v) is 15.1. The average molecular weight is 376 g/mol. The molecule has 1 aliphatic heterocycles. The second-order valence-corrected chi connectivity index (χ2v) is 7.45. The number of nitrogens with zero attached hydrogens (tertiary/aromatic N) is 3. The third-order valence-corrected chi connectivity index (χ3v) is 5.24. The molecule has 0 aliphatic carbocycles. The molecule has 0 radical (unpaired) electrons. The SMILES string of the molecule is COc1ccc(S(N)(=O)=O)cc1C(=O)N1CCN(c2ccncc2)CC1. The van der Waals surface area contributed by atoms with Gasteiger partial charge < -0.3 is 14.5 Å². The minimum atomic E-state index is -3.90. The molecule has 138 valence electrons. The summed E-state index contributed by atoms with van der Waals surface area (Å²) in [5.74, 6) is 0.0423. The van der Waals surface area contributed by atoms with Crippen molar-refractivity contribution in [1.82, 2.24) is 9.88 Å². The molecule has 0 saturated carbocycles. The molecule has 0 bridgehead atoms. The Morgan fingerprint density at radius 2 is 1.77 bits per heavy atom. The highest BCUT2D eigenvalue weighted by molar-refractivity contribution is 7.89. The first-order valence-electron chi connectivity index (χ1n) is 8.05. The Labute approximate surface area is 152 Å². The van der Waals surface area contributed by atoms with Crippen LogP contribution < -0.4 is 14.8 Å². The molecule has 1 aromatic heterocycles. The van der Waals surface area contributed by atoms with Crippen LogP contribution in [0, 0.1) is 0 Å². The lowest BCUT2D eigenvalue weighted by atomic mass is 10.1. The van der Waals surface area contributed by atoms with Crippen molar-refractivity contribution in [1.29, 1.82) is 0 Å². The fourth-order valence-corrected chi connectivity index (χ4v) is 3.46. The predicted molar refractivity (Wildman–Crippen MR) is 96.7 cm³/mol. The maximum Gasteiger partial charge on any atom is 0.257 e. The van der Waals surface area contributed by atoms with Gasteiger partial charge in [-0.2, -0.15) is 0 Å². The van der Waals surface area contributed by atoms with Crippen LogP contribution in [0.1, 0.15) is 10.4 Å². The smallest absolute Gasteiger partial charge is 0.257 e. The Morgan fingerprint density at radius 1 is 1.12 bits per heavy atom. The number of benzene rings is 1. The summed E-state index contributed by atoms with van der Waals surface area (Å²) < 4.78 is 28.4. The number of carbonyl (C=O) groups is 1. The molecule has 1 fully saturated rings. The van der Waals surface area contributed by atoms with Crippen molar-refractivity contribution in [2.45, 2.75) is 4.90 Å². The van der Waals surface area contributed by atoms with E-state index in [1.807, 2.05) is 12.1 Å². The lowest BCUT2D eigenvalue weighted by molar-refractivity contribution is 0.0743. The number of amides is 1. The van der Waals surface area contributed by atoms with Crippen LogP contribution >= 0.6 is 0 Å². The third kappa shape index (κ3) is 3.78. The molecule has 2 heterocycles. The number of sulfonamides is 1. The molecule has 8 nitrogen and oxygen atoms in total. The van der Waals surface area contributed by atoms with E-state index >= 15 is 0 Å². The first kappa shape index (κ1) is 18.2. The van der Waals surface area contributed by atoms with Gasteiger partial charge in [0.1, 0.15) is 5.75 Å². The molecule has 1 aromatic carbocycles. The standard InChI is InChI=1S/C17H20N4O4S/c1-25-16-3-2-14(26(18,23)24)12-15(16)17(22)21-10-8-20(9-11-21)13-4-6-19-7-5-13/h2-7,12H,8-11H2,1H3,(H2,18,23,24). The molecule has 2 N–H and O–H groups in total. The monoisotopic (exact) mass is 376 g/mol. The van der Waals surface area contributed by atoms with Gasteiger partial charge in [0.15, 0.2) is 0 Å². The number of nitrogens with two attached hydrogens (primary N) is 1. The lowest BCUT2D eigenvalue weighted by Crippen LogP contribution is -2.48. The highest BCUT2D eigenvalue weighted by atomic mass is 32.2. The zero-order valence-electron chi connectivity index (χ0n) is 14.3. The van der Waals surface area contributed by atoms with E-state index in [2.05, 4.69) is 9.88 Å². The molecule has 1 aliphatic rings. The van der Waals surface area contributed by atoms with Crippen LogP contribution in [-0.4, -0.2) is 57.5 Å². The summed E-state index contributed by atoms with van der Waals surface area (Å²) in [6.07, 6.45) is 3.47. The molecule has 0 atom stereocenters. The van der Waals surface area contributed by atoms with E-state index in [0.717, 1.165) is 5.69 Å². The van der Waals surface area contributed by atoms with Gasteiger partial charge in [-0.3, -0.25) is 9.78 Å². The third-order valence-electron chi connectivity index (χ3n) is 4.32. The van der Waals surface area contributed by atoms with Gasteiger partial charge >= 0.3 is 0 Å². The van der Waals surface area contributed by atoms with Gasteiger partial charge in [0.25, 0.3) is 5.91 Å². The second-order valence-electron chi connectivity index (χ2n) is 5.89. The van der Waals surface area contributed by atoms with E-state index in [1.54, 1.807) is 17.3 Å². The summed E-state index contributed by atoms with van der Waals surface area (Å²) in [6, 6.07) is 7.89. The van der Waals surface area contributed by atoms with Crippen molar-refractivity contribution >= 4 is 21.6 Å². The van der Waals surface area contributed by atoms with Crippen LogP contribution in [0.3, 0.4) is 0 Å². The summed E-state index contributed by atoms with van der Waals surface area (Å²) in [5, 5.41) is 5.17. The first-order chi connectivity index (χ1) is 12.4. The van der Waals surface area contributed by atoms with Gasteiger partial charge in [-0.15, -0.1) is 0 Å². The Hall–Kier alpha value is -2.65. The highest BCUT2D eigenvalue weighted by Gasteiger charge is 2.25. The van der Waals surface area contributed by atoms with Gasteiger partial charge in [0.2, 0.25) is 10.0 Å². The van der Waals surface area contributed by atoms with Crippen molar-refractivity contribution in [3.63, 3.8) is 0 Å². The first-order valence-corrected chi connectivity index (χ1v) is 9.60. The minimum Gasteiger partial charge on any atom is -0.496 e. The molecule has 0 unspecified atom stereocenters. The molecule has 9 heteroatoms. The fraction of sp³-hybridized carbons (Fsp3) is 0.294. The van der Waals surface area contributed by atoms with Crippen LogP contribution in [0.4, 0.5) is 5.69 Å². The van der Waals surface area contributed by atoms with E-state index in [1.165, 1.54) is 25.3 Å². The number of hydrogen-bond donors (Lipinski definition) is 1. The van der Waals surface area contributed by atoms with Crippen molar-refractivity contribution in [2.24, 2.45) is 5.14 Å². The van der Waals surface area contributed by atoms with Crippen LogP contribution in [0.5, 0.6) is 5.75 Å². The summed E-state index contributed by atoms with van der Waals surface area (Å²) in [6.45, 7) is 2.38. The van der Waals surface area contributed by atoms with Gasteiger partial charge in [-0.25, -0.2) is 13.6 Å². The van der Waals surface area contributed by atoms with Crippen LogP contribution in [-0.2, 0) is 10.0 Å². The van der Waals surface area contributed by atoms with Crippen molar-refractivity contribution < 1.29 is 17.9 Å². The number of piperazine rings is 1. The maximum absolute atomic E-state index is 12.9. The Balaban J connectivity index is 1.78. The van der Waals surface area contributed by atoms with E-state index < -0.39 is 10.0 Å². The lowest BCUT2D eigenvalue weighted by Gasteiger charge is -2.36. The van der Waals surface area contributed by atoms with Gasteiger partial charge in [-0.1, -0.05) is 0 Å². The van der Waals surface area contributed by atoms with E-state index in [9.17, 15) is 13.2 Å². The second kappa shape index (κ2) is 7.30. The van der Waals surface area contributed by atoms with Crippen molar-refractivity contribution in [3.8, 4) is 5.75 Å². The topological polar surface area (TPSA) is 106 Å². The van der Waals surface area contributed by atoms with Crippen LogP contribution in [0.25, 0.3) is 0 Å². The molecule has 1 saturated heterocycles. The predicted octanol–water partition coefficient (Wildman–Crippen LogP) is 0.700. The van der Waals surface area contributed by atoms with Crippen LogP contribution in [0.2, 0.25) is 0 Å². The van der Waals surface area contributed by atoms with Crippen molar-refractivity contribution in [2.75, 3.05) is 38.2 Å². The fourth-order valence-electron chi connectivity index (χ4n) is 2.92. The van der Waals surface area contributed by atoms with Gasteiger partial charge in [-0.05, 0) is 30.3 Å². The highest BCUT2D eigenvalue weighted by Crippen LogP contribution is 2.24. The van der Waals surface area contributed by atoms with E-state index in [0.29, 0.717) is 31.9 Å². The molecular formula is C17H20N4O4S. The quantitative estimate of drug-likeness (QED) is 0.842. The minimum absolute atomic E-state index is 0.114. The summed E-state index contributed by atoms with van der Waals surface area (Å²) in [4.78, 5) is 20.6. The largest absolute Gasteiger partial charge is 0.496 e. The number of anilines is 1. The molecular weight excluding hydrogens is 356 g/mol. The summed E-state index contributed by atoms with van der Waals surface area (Å²) in [5.41, 5.74) is 1.25. The van der Waals surface area contributed by atoms with E-state index in [-0.39, 0.29) is 16.4 Å². The van der Waals surface area contributed by atoms with Crippen LogP contribution in [0.15, 0.2) is 47.6 Å². The maximum atomic E-state index is 12.9. The van der Waals surface area contributed by atoms with Crippen molar-refractivity contribution in [3.05, 3.63) is 48.3 Å². The number of ether oxygens (including phenoxy) is 1. The Morgan fingerprint density at radius 3 is 2.35 bits per heavy atom. The number of primary sulfonamides is 1. The molecule has 3 rings (SSSR count). The molecule has 0 spiro atoms. The molecule has 26 heavy (non-hydrogen) atoms. The Kier molecular flexibility index (Phi) is 5.10. The normalized spacial score (nSPS) is 15.0. The van der Waals surface area contributed by atoms with Gasteiger partial charge in [0.05, 0.1) is 17.6 Å². The summed E-state index contributed by atoms with van der Waals surface area (Å²) in [7, 11) is -2.47. The number of rotatable bonds is 4. The average Bonchev–Trinajstić information content (AvgIpc) is 2.67. The zero-order chi connectivity index (χ0) is 18.7. The number of hydrogen-bond acceptors (Lipinski definition) is 6. The number of aromatic nitrogens is 1.